The van der Waals surface area contributed by atoms with Gasteiger partial charge in [0.05, 0.1) is 20.6 Å². The van der Waals surface area contributed by atoms with Crippen molar-refractivity contribution in [1.29, 1.82) is 0 Å². The van der Waals surface area contributed by atoms with Crippen molar-refractivity contribution in [2.24, 2.45) is 0 Å². The highest BCUT2D eigenvalue weighted by Gasteiger charge is 2.14. The number of rotatable bonds is 22. The summed E-state index contributed by atoms with van der Waals surface area (Å²) in [5, 5.41) is 0. The molecule has 0 heterocycles. The molecule has 31 heavy (non-hydrogen) atoms. The molecule has 0 aliphatic carbocycles. The summed E-state index contributed by atoms with van der Waals surface area (Å²) in [5.41, 5.74) is 1.46. The molecule has 0 atom stereocenters. The van der Waals surface area contributed by atoms with Crippen LogP contribution < -0.4 is 0 Å². The minimum Gasteiger partial charge on any atom is -0.325 e. The van der Waals surface area contributed by atoms with E-state index < -0.39 is 0 Å². The zero-order chi connectivity index (χ0) is 22.5. The van der Waals surface area contributed by atoms with Crippen LogP contribution in [0.2, 0.25) is 6.04 Å². The van der Waals surface area contributed by atoms with E-state index in [4.69, 9.17) is 0 Å². The van der Waals surface area contributed by atoms with E-state index in [0.29, 0.717) is 0 Å². The van der Waals surface area contributed by atoms with Crippen molar-refractivity contribution in [1.82, 2.24) is 0 Å². The molecule has 180 valence electrons. The molecule has 0 saturated carbocycles. The first-order valence-corrected chi connectivity index (χ1v) is 15.4. The Morgan fingerprint density at radius 2 is 0.871 bits per heavy atom. The molecule has 1 aromatic rings. The second-order valence-corrected chi connectivity index (χ2v) is 11.7. The second-order valence-electron chi connectivity index (χ2n) is 10.7. The van der Waals surface area contributed by atoms with Gasteiger partial charge in [-0.3, -0.25) is 0 Å². The molecule has 0 aromatic heterocycles. The van der Waals surface area contributed by atoms with Crippen LogP contribution >= 0.6 is 0 Å². The van der Waals surface area contributed by atoms with Crippen molar-refractivity contribution < 1.29 is 4.48 Å². The van der Waals surface area contributed by atoms with Crippen molar-refractivity contribution in [3.63, 3.8) is 0 Å². The lowest BCUT2D eigenvalue weighted by Gasteiger charge is -2.30. The average Bonchev–Trinajstić information content (AvgIpc) is 2.75. The molecule has 0 amide bonds. The van der Waals surface area contributed by atoms with Crippen LogP contribution in [-0.4, -0.2) is 35.4 Å². The highest BCUT2D eigenvalue weighted by Crippen LogP contribution is 2.15. The summed E-state index contributed by atoms with van der Waals surface area (Å²) in [6, 6.07) is 12.5. The lowest BCUT2D eigenvalue weighted by atomic mass is 10.0. The topological polar surface area (TPSA) is 0 Å². The number of hydrogen-bond acceptors (Lipinski definition) is 0. The highest BCUT2D eigenvalue weighted by atomic mass is 28.1. The van der Waals surface area contributed by atoms with E-state index in [2.05, 4.69) is 44.4 Å². The van der Waals surface area contributed by atoms with E-state index >= 15 is 0 Å². The van der Waals surface area contributed by atoms with E-state index in [1.807, 2.05) is 0 Å². The Bertz CT molecular complexity index is 485. The Morgan fingerprint density at radius 1 is 0.516 bits per heavy atom. The summed E-state index contributed by atoms with van der Waals surface area (Å²) in [6.45, 7) is 2.45. The monoisotopic (exact) mass is 446 g/mol. The van der Waals surface area contributed by atoms with Crippen LogP contribution in [0.5, 0.6) is 0 Å². The fraction of sp³-hybridized carbons (Fsp3) is 0.793. The van der Waals surface area contributed by atoms with Crippen LogP contribution in [0.15, 0.2) is 30.3 Å². The second kappa shape index (κ2) is 20.0. The van der Waals surface area contributed by atoms with E-state index in [-0.39, 0.29) is 0 Å². The first-order chi connectivity index (χ1) is 15.1. The SMILES string of the molecule is C[N+](C)(CCCCCCCCCCCCCCCCCCCC[SiH3])Cc1ccccc1. The van der Waals surface area contributed by atoms with E-state index in [1.54, 1.807) is 0 Å². The van der Waals surface area contributed by atoms with Crippen LogP contribution in [0.3, 0.4) is 0 Å². The largest absolute Gasteiger partial charge is 0.325 e. The summed E-state index contributed by atoms with van der Waals surface area (Å²) in [7, 11) is 6.16. The van der Waals surface area contributed by atoms with Gasteiger partial charge in [-0.25, -0.2) is 0 Å². The quantitative estimate of drug-likeness (QED) is 0.0959. The van der Waals surface area contributed by atoms with Crippen LogP contribution in [0.1, 0.15) is 121 Å². The number of unbranched alkanes of at least 4 members (excludes halogenated alkanes) is 17. The maximum absolute atomic E-state index is 2.38. The normalized spacial score (nSPS) is 11.9. The van der Waals surface area contributed by atoms with Crippen molar-refractivity contribution in [3.8, 4) is 0 Å². The van der Waals surface area contributed by atoms with Gasteiger partial charge in [0.1, 0.15) is 6.54 Å². The Morgan fingerprint density at radius 3 is 1.26 bits per heavy atom. The van der Waals surface area contributed by atoms with Gasteiger partial charge in [0.25, 0.3) is 0 Å². The van der Waals surface area contributed by atoms with Crippen molar-refractivity contribution in [3.05, 3.63) is 35.9 Å². The Hall–Kier alpha value is -0.603. The van der Waals surface area contributed by atoms with Gasteiger partial charge in [0, 0.05) is 15.8 Å². The van der Waals surface area contributed by atoms with Crippen LogP contribution in [0.25, 0.3) is 0 Å². The molecule has 1 aromatic carbocycles. The van der Waals surface area contributed by atoms with Crippen LogP contribution in [0, 0.1) is 0 Å². The molecule has 1 rings (SSSR count). The van der Waals surface area contributed by atoms with Gasteiger partial charge in [-0.1, -0.05) is 139 Å². The summed E-state index contributed by atoms with van der Waals surface area (Å²) in [4.78, 5) is 0. The third kappa shape index (κ3) is 18.6. The van der Waals surface area contributed by atoms with Gasteiger partial charge in [-0.05, 0) is 12.8 Å². The van der Waals surface area contributed by atoms with Crippen molar-refractivity contribution >= 4 is 10.2 Å². The van der Waals surface area contributed by atoms with E-state index in [0.717, 1.165) is 11.0 Å². The standard InChI is InChI=1S/C29H56NSi/c1-30(2,28-29-24-20-19-21-25-29)26-22-17-15-13-11-9-7-5-3-4-6-8-10-12-14-16-18-23-27-31/h19-21,24-25H,3-18,22-23,26-28H2,1-2,31H3/q+1. The Kier molecular flexibility index (Phi) is 18.4. The predicted molar refractivity (Wildman–Crippen MR) is 145 cm³/mol. The maximum Gasteiger partial charge on any atom is 0.104 e. The van der Waals surface area contributed by atoms with Gasteiger partial charge in [-0.2, -0.15) is 0 Å². The Labute approximate surface area is 199 Å². The summed E-state index contributed by atoms with van der Waals surface area (Å²) in [5.74, 6) is 0. The van der Waals surface area contributed by atoms with E-state index in [1.165, 1.54) is 144 Å². The molecular weight excluding hydrogens is 390 g/mol. The van der Waals surface area contributed by atoms with Crippen LogP contribution in [0.4, 0.5) is 0 Å². The molecular formula is C29H56NSi+. The minimum absolute atomic E-state index is 1.12. The van der Waals surface area contributed by atoms with Crippen molar-refractivity contribution in [2.75, 3.05) is 20.6 Å². The van der Waals surface area contributed by atoms with E-state index in [9.17, 15) is 0 Å². The highest BCUT2D eigenvalue weighted by molar-refractivity contribution is 6.08. The number of nitrogens with zero attached hydrogens (tertiary/aromatic N) is 1. The first-order valence-electron chi connectivity index (χ1n) is 14.0. The molecule has 0 N–H and O–H groups in total. The summed E-state index contributed by atoms with van der Waals surface area (Å²) in [6.07, 6.45) is 26.5. The molecule has 0 bridgehead atoms. The zero-order valence-electron chi connectivity index (χ0n) is 21.7. The van der Waals surface area contributed by atoms with Crippen LogP contribution in [-0.2, 0) is 6.54 Å². The number of quaternary nitrogens is 1. The molecule has 1 nitrogen and oxygen atoms in total. The smallest absolute Gasteiger partial charge is 0.104 e. The van der Waals surface area contributed by atoms with Gasteiger partial charge < -0.3 is 4.48 Å². The number of hydrogen-bond donors (Lipinski definition) is 0. The molecule has 0 fully saturated rings. The average molecular weight is 447 g/mol. The van der Waals surface area contributed by atoms with Gasteiger partial charge in [0.15, 0.2) is 0 Å². The molecule has 0 spiro atoms. The minimum atomic E-state index is 1.12. The molecule has 0 unspecified atom stereocenters. The number of benzene rings is 1. The lowest BCUT2D eigenvalue weighted by Crippen LogP contribution is -2.39. The maximum atomic E-state index is 2.38. The van der Waals surface area contributed by atoms with Gasteiger partial charge in [0.2, 0.25) is 0 Å². The molecule has 0 saturated heterocycles. The molecule has 0 aliphatic rings. The molecule has 2 heteroatoms. The molecule has 0 radical (unpaired) electrons. The fourth-order valence-corrected chi connectivity index (χ4v) is 5.27. The third-order valence-electron chi connectivity index (χ3n) is 6.82. The third-order valence-corrected chi connectivity index (χ3v) is 7.53. The Balaban J connectivity index is 1.78. The zero-order valence-corrected chi connectivity index (χ0v) is 23.7. The lowest BCUT2D eigenvalue weighted by molar-refractivity contribution is -0.903. The fourth-order valence-electron chi connectivity index (χ4n) is 4.77. The molecule has 0 aliphatic heterocycles. The first kappa shape index (κ1) is 28.4. The van der Waals surface area contributed by atoms with Gasteiger partial charge >= 0.3 is 0 Å². The van der Waals surface area contributed by atoms with Crippen molar-refractivity contribution in [2.45, 2.75) is 128 Å². The van der Waals surface area contributed by atoms with Gasteiger partial charge in [-0.15, -0.1) is 0 Å². The summed E-state index contributed by atoms with van der Waals surface area (Å²) < 4.78 is 1.12. The summed E-state index contributed by atoms with van der Waals surface area (Å²) >= 11 is 0. The predicted octanol–water partition coefficient (Wildman–Crippen LogP) is 8.07.